The predicted octanol–water partition coefficient (Wildman–Crippen LogP) is 5.78. The van der Waals surface area contributed by atoms with Gasteiger partial charge in [0.05, 0.1) is 18.6 Å². The molecule has 2 N–H and O–H groups in total. The highest BCUT2D eigenvalue weighted by Gasteiger charge is 2.19. The molecule has 0 radical (unpaired) electrons. The Kier molecular flexibility index (Phi) is 8.14. The standard InChI is InChI=1S/C28H27ClN6O4/c1-2-3-8-25-30-26(29)23(16-38-17-24-22(28(36)37)13-14-39-24)35(25)15-18-9-11-19(12-10-18)20-6-4-5-7-21(20)27-31-33-34-32-27/h4-7,9-14H,2-3,8,15-17H2,1H3,(H,36,37)(H,31,32,33,34). The molecule has 0 saturated carbocycles. The lowest BCUT2D eigenvalue weighted by Gasteiger charge is -2.14. The van der Waals surface area contributed by atoms with Crippen LogP contribution < -0.4 is 0 Å². The van der Waals surface area contributed by atoms with Gasteiger partial charge in [0.2, 0.25) is 5.82 Å². The van der Waals surface area contributed by atoms with Crippen LogP contribution in [0.5, 0.6) is 0 Å². The van der Waals surface area contributed by atoms with E-state index in [0.717, 1.165) is 53.0 Å². The average molecular weight is 547 g/mol. The maximum Gasteiger partial charge on any atom is 0.339 e. The van der Waals surface area contributed by atoms with Crippen molar-refractivity contribution in [1.82, 2.24) is 30.2 Å². The van der Waals surface area contributed by atoms with E-state index >= 15 is 0 Å². The fourth-order valence-corrected chi connectivity index (χ4v) is 4.67. The zero-order valence-electron chi connectivity index (χ0n) is 21.3. The number of furan rings is 1. The normalized spacial score (nSPS) is 11.2. The van der Waals surface area contributed by atoms with Crippen LogP contribution in [0, 0.1) is 0 Å². The van der Waals surface area contributed by atoms with E-state index in [0.29, 0.717) is 17.5 Å². The van der Waals surface area contributed by atoms with Gasteiger partial charge in [-0.1, -0.05) is 73.5 Å². The molecule has 0 aliphatic rings. The lowest BCUT2D eigenvalue weighted by molar-refractivity contribution is 0.0667. The van der Waals surface area contributed by atoms with Crippen molar-refractivity contribution in [2.45, 2.75) is 45.9 Å². The number of carboxylic acids is 1. The first-order valence-electron chi connectivity index (χ1n) is 12.6. The number of hydrogen-bond donors (Lipinski definition) is 2. The molecular weight excluding hydrogens is 520 g/mol. The zero-order chi connectivity index (χ0) is 27.2. The number of tetrazole rings is 1. The van der Waals surface area contributed by atoms with Gasteiger partial charge in [-0.15, -0.1) is 10.2 Å². The largest absolute Gasteiger partial charge is 0.478 e. The average Bonchev–Trinajstić information content (AvgIpc) is 3.70. The third-order valence-corrected chi connectivity index (χ3v) is 6.73. The molecule has 0 amide bonds. The molecule has 3 heterocycles. The Morgan fingerprint density at radius 2 is 1.90 bits per heavy atom. The molecule has 39 heavy (non-hydrogen) atoms. The monoisotopic (exact) mass is 546 g/mol. The molecule has 5 rings (SSSR count). The van der Waals surface area contributed by atoms with E-state index in [1.165, 1.54) is 12.3 Å². The highest BCUT2D eigenvalue weighted by Crippen LogP contribution is 2.30. The van der Waals surface area contributed by atoms with Gasteiger partial charge in [0.15, 0.2) is 5.15 Å². The van der Waals surface area contributed by atoms with E-state index in [1.807, 2.05) is 24.3 Å². The van der Waals surface area contributed by atoms with Crippen molar-refractivity contribution >= 4 is 17.6 Å². The number of carbonyl (C=O) groups is 1. The van der Waals surface area contributed by atoms with Crippen LogP contribution in [0.3, 0.4) is 0 Å². The second-order valence-electron chi connectivity index (χ2n) is 8.99. The summed E-state index contributed by atoms with van der Waals surface area (Å²) in [4.78, 5) is 16.0. The Morgan fingerprint density at radius 3 is 2.62 bits per heavy atom. The summed E-state index contributed by atoms with van der Waals surface area (Å²) < 4.78 is 13.2. The quantitative estimate of drug-likeness (QED) is 0.201. The summed E-state index contributed by atoms with van der Waals surface area (Å²) >= 11 is 6.56. The summed E-state index contributed by atoms with van der Waals surface area (Å²) in [6.07, 6.45) is 4.13. The van der Waals surface area contributed by atoms with Crippen LogP contribution in [0.15, 0.2) is 65.3 Å². The maximum atomic E-state index is 11.4. The molecule has 0 aliphatic carbocycles. The molecule has 5 aromatic rings. The minimum atomic E-state index is -1.06. The number of aromatic nitrogens is 6. The zero-order valence-corrected chi connectivity index (χ0v) is 22.1. The fourth-order valence-electron chi connectivity index (χ4n) is 4.42. The van der Waals surface area contributed by atoms with Crippen LogP contribution in [0.1, 0.15) is 53.0 Å². The Bertz CT molecular complexity index is 1540. The minimum Gasteiger partial charge on any atom is -0.478 e. The van der Waals surface area contributed by atoms with Crippen molar-refractivity contribution in [2.75, 3.05) is 0 Å². The van der Waals surface area contributed by atoms with Crippen molar-refractivity contribution in [2.24, 2.45) is 0 Å². The molecule has 0 aliphatic heterocycles. The Hall–Kier alpha value is -4.28. The third kappa shape index (κ3) is 5.92. The van der Waals surface area contributed by atoms with E-state index < -0.39 is 5.97 Å². The number of imidazole rings is 1. The summed E-state index contributed by atoms with van der Waals surface area (Å²) in [5, 5.41) is 24.1. The van der Waals surface area contributed by atoms with Crippen LogP contribution in [0.2, 0.25) is 5.15 Å². The Balaban J connectivity index is 1.37. The lowest BCUT2D eigenvalue weighted by Crippen LogP contribution is -2.10. The first-order valence-corrected chi connectivity index (χ1v) is 13.0. The third-order valence-electron chi connectivity index (χ3n) is 6.42. The van der Waals surface area contributed by atoms with E-state index in [9.17, 15) is 9.90 Å². The first kappa shape index (κ1) is 26.3. The number of ether oxygens (including phenoxy) is 1. The van der Waals surface area contributed by atoms with E-state index in [1.54, 1.807) is 0 Å². The summed E-state index contributed by atoms with van der Waals surface area (Å²) in [7, 11) is 0. The lowest BCUT2D eigenvalue weighted by atomic mass is 9.98. The van der Waals surface area contributed by atoms with Crippen molar-refractivity contribution in [3.8, 4) is 22.5 Å². The molecule has 0 spiro atoms. The van der Waals surface area contributed by atoms with Gasteiger partial charge in [0, 0.05) is 18.5 Å². The van der Waals surface area contributed by atoms with Crippen LogP contribution in [0.4, 0.5) is 0 Å². The van der Waals surface area contributed by atoms with Gasteiger partial charge in [-0.25, -0.2) is 9.78 Å². The Morgan fingerprint density at radius 1 is 1.10 bits per heavy atom. The molecule has 11 heteroatoms. The topological polar surface area (TPSA) is 132 Å². The second kappa shape index (κ2) is 12.1. The van der Waals surface area contributed by atoms with E-state index in [4.69, 9.17) is 20.8 Å². The van der Waals surface area contributed by atoms with Gasteiger partial charge >= 0.3 is 5.97 Å². The summed E-state index contributed by atoms with van der Waals surface area (Å²) in [6.45, 7) is 2.86. The van der Waals surface area contributed by atoms with Crippen LogP contribution >= 0.6 is 11.6 Å². The highest BCUT2D eigenvalue weighted by molar-refractivity contribution is 6.30. The number of carboxylic acid groups (broad SMARTS) is 1. The second-order valence-corrected chi connectivity index (χ2v) is 9.35. The Labute approximate surface area is 229 Å². The smallest absolute Gasteiger partial charge is 0.339 e. The van der Waals surface area contributed by atoms with Gasteiger partial charge in [0.25, 0.3) is 0 Å². The number of nitrogens with zero attached hydrogens (tertiary/aromatic N) is 5. The number of aromatic amines is 1. The number of aromatic carboxylic acids is 1. The predicted molar refractivity (Wildman–Crippen MR) is 144 cm³/mol. The number of H-pyrrole nitrogens is 1. The van der Waals surface area contributed by atoms with Crippen molar-refractivity contribution in [1.29, 1.82) is 0 Å². The number of unbranched alkanes of at least 4 members (excludes halogenated alkanes) is 1. The maximum absolute atomic E-state index is 11.4. The minimum absolute atomic E-state index is 0.00885. The number of halogens is 1. The van der Waals surface area contributed by atoms with Crippen molar-refractivity contribution in [3.05, 3.63) is 94.4 Å². The SMILES string of the molecule is CCCCc1nc(Cl)c(COCc2occc2C(=O)O)n1Cc1ccc(-c2ccccc2-c2nn[nH]n2)cc1. The molecule has 10 nitrogen and oxygen atoms in total. The summed E-state index contributed by atoms with van der Waals surface area (Å²) in [5.74, 6) is 0.623. The molecule has 0 atom stereocenters. The van der Waals surface area contributed by atoms with Crippen LogP contribution in [-0.4, -0.2) is 41.3 Å². The molecule has 0 bridgehead atoms. The van der Waals surface area contributed by atoms with E-state index in [-0.39, 0.29) is 24.5 Å². The number of aryl methyl sites for hydroxylation is 1. The summed E-state index contributed by atoms with van der Waals surface area (Å²) in [6, 6.07) is 17.6. The van der Waals surface area contributed by atoms with Crippen molar-refractivity contribution in [3.63, 3.8) is 0 Å². The van der Waals surface area contributed by atoms with Gasteiger partial charge in [-0.2, -0.15) is 5.21 Å². The molecule has 2 aromatic carbocycles. The molecule has 200 valence electrons. The van der Waals surface area contributed by atoms with Crippen LogP contribution in [-0.2, 0) is 30.9 Å². The first-order chi connectivity index (χ1) is 19.0. The number of nitrogens with one attached hydrogen (secondary N) is 1. The number of hydrogen-bond acceptors (Lipinski definition) is 7. The molecule has 0 fully saturated rings. The van der Waals surface area contributed by atoms with Gasteiger partial charge in [0.1, 0.15) is 23.8 Å². The van der Waals surface area contributed by atoms with Gasteiger partial charge < -0.3 is 18.8 Å². The molecular formula is C28H27ClN6O4. The van der Waals surface area contributed by atoms with Gasteiger partial charge in [-0.05, 0) is 34.4 Å². The number of rotatable bonds is 12. The number of benzene rings is 2. The van der Waals surface area contributed by atoms with Crippen molar-refractivity contribution < 1.29 is 19.1 Å². The molecule has 3 aromatic heterocycles. The molecule has 0 unspecified atom stereocenters. The van der Waals surface area contributed by atoms with Gasteiger partial charge in [-0.3, -0.25) is 0 Å². The summed E-state index contributed by atoms with van der Waals surface area (Å²) in [5.41, 5.74) is 4.82. The van der Waals surface area contributed by atoms with Crippen LogP contribution in [0.25, 0.3) is 22.5 Å². The molecule has 0 saturated heterocycles. The van der Waals surface area contributed by atoms with E-state index in [2.05, 4.69) is 61.4 Å². The highest BCUT2D eigenvalue weighted by atomic mass is 35.5. The fraction of sp³-hybridized carbons (Fsp3) is 0.250.